The molecule has 0 aromatic heterocycles. The molecule has 6 heteroatoms. The Morgan fingerprint density at radius 3 is 2.60 bits per heavy atom. The van der Waals surface area contributed by atoms with Crippen molar-refractivity contribution in [3.05, 3.63) is 29.3 Å². The van der Waals surface area contributed by atoms with Crippen molar-refractivity contribution in [3.63, 3.8) is 0 Å². The van der Waals surface area contributed by atoms with E-state index >= 15 is 0 Å². The van der Waals surface area contributed by atoms with Crippen molar-refractivity contribution in [2.45, 2.75) is 57.8 Å². The monoisotopic (exact) mass is 368 g/mol. The number of amides is 1. The van der Waals surface area contributed by atoms with Crippen LogP contribution in [0, 0.1) is 13.8 Å². The Bertz CT molecular complexity index is 588. The third-order valence-electron chi connectivity index (χ3n) is 5.04. The van der Waals surface area contributed by atoms with Crippen LogP contribution in [0.25, 0.3) is 0 Å². The molecule has 0 aliphatic carbocycles. The van der Waals surface area contributed by atoms with Gasteiger partial charge in [-0.05, 0) is 43.9 Å². The highest BCUT2D eigenvalue weighted by atomic mass is 35.5. The molecule has 1 amide bonds. The number of hydrogen-bond acceptors (Lipinski definition) is 4. The zero-order chi connectivity index (χ0) is 17.1. The first-order valence-electron chi connectivity index (χ1n) is 8.95. The Hall–Kier alpha value is -1.30. The maximum absolute atomic E-state index is 12.5. The second-order valence-corrected chi connectivity index (χ2v) is 6.97. The van der Waals surface area contributed by atoms with Gasteiger partial charge in [-0.3, -0.25) is 4.79 Å². The van der Waals surface area contributed by atoms with E-state index in [-0.39, 0.29) is 36.6 Å². The van der Waals surface area contributed by atoms with E-state index < -0.39 is 0 Å². The topological polar surface area (TPSA) is 64.8 Å². The molecule has 2 saturated heterocycles. The fourth-order valence-corrected chi connectivity index (χ4v) is 3.47. The summed E-state index contributed by atoms with van der Waals surface area (Å²) in [7, 11) is 0. The molecule has 0 bridgehead atoms. The van der Waals surface area contributed by atoms with Crippen molar-refractivity contribution < 1.29 is 14.3 Å². The molecule has 0 radical (unpaired) electrons. The molecule has 2 aliphatic heterocycles. The number of halogens is 1. The van der Waals surface area contributed by atoms with Crippen LogP contribution < -0.4 is 10.5 Å². The molecule has 140 valence electrons. The number of nitrogens with zero attached hydrogens (tertiary/aromatic N) is 1. The van der Waals surface area contributed by atoms with Crippen molar-refractivity contribution in [1.82, 2.24) is 4.90 Å². The second kappa shape index (κ2) is 8.88. The molecule has 0 saturated carbocycles. The summed E-state index contributed by atoms with van der Waals surface area (Å²) in [6.45, 7) is 6.11. The average molecular weight is 369 g/mol. The summed E-state index contributed by atoms with van der Waals surface area (Å²) >= 11 is 0. The molecule has 25 heavy (non-hydrogen) atoms. The standard InChI is InChI=1S/C19H28N2O3.ClH/c1-13-3-4-14(2)18(11-13)23-15-7-9-21(10-8-15)19(22)17-6-5-16(12-20)24-17;/h3-4,11,15-17H,5-10,12,20H2,1-2H3;1H/t16-,17+;/m1./s1. The summed E-state index contributed by atoms with van der Waals surface area (Å²) in [5.74, 6) is 1.08. The summed E-state index contributed by atoms with van der Waals surface area (Å²) in [5.41, 5.74) is 7.99. The van der Waals surface area contributed by atoms with E-state index in [2.05, 4.69) is 32.0 Å². The number of ether oxygens (including phenoxy) is 2. The molecular weight excluding hydrogens is 340 g/mol. The SMILES string of the molecule is Cc1ccc(C)c(OC2CCN(C(=O)[C@@H]3CC[C@H](CN)O3)CC2)c1.Cl. The fourth-order valence-electron chi connectivity index (χ4n) is 3.47. The molecular formula is C19H29ClN2O3. The van der Waals surface area contributed by atoms with Gasteiger partial charge in [0.25, 0.3) is 5.91 Å². The van der Waals surface area contributed by atoms with Gasteiger partial charge in [-0.2, -0.15) is 0 Å². The van der Waals surface area contributed by atoms with Crippen LogP contribution in [0.15, 0.2) is 18.2 Å². The summed E-state index contributed by atoms with van der Waals surface area (Å²) < 4.78 is 11.9. The van der Waals surface area contributed by atoms with E-state index in [9.17, 15) is 4.79 Å². The smallest absolute Gasteiger partial charge is 0.251 e. The fraction of sp³-hybridized carbons (Fsp3) is 0.632. The van der Waals surface area contributed by atoms with Crippen molar-refractivity contribution in [1.29, 1.82) is 0 Å². The van der Waals surface area contributed by atoms with Gasteiger partial charge in [-0.15, -0.1) is 12.4 Å². The van der Waals surface area contributed by atoms with Crippen LogP contribution in [0.2, 0.25) is 0 Å². The number of hydrogen-bond donors (Lipinski definition) is 1. The molecule has 5 nitrogen and oxygen atoms in total. The molecule has 2 fully saturated rings. The largest absolute Gasteiger partial charge is 0.490 e. The highest BCUT2D eigenvalue weighted by Gasteiger charge is 2.34. The van der Waals surface area contributed by atoms with Crippen LogP contribution in [0.4, 0.5) is 0 Å². The first-order valence-corrected chi connectivity index (χ1v) is 8.95. The zero-order valence-electron chi connectivity index (χ0n) is 15.1. The van der Waals surface area contributed by atoms with Crippen LogP contribution in [-0.2, 0) is 9.53 Å². The van der Waals surface area contributed by atoms with Crippen LogP contribution in [0.5, 0.6) is 5.75 Å². The number of carbonyl (C=O) groups excluding carboxylic acids is 1. The molecule has 1 aromatic rings. The van der Waals surface area contributed by atoms with Gasteiger partial charge in [0, 0.05) is 32.5 Å². The minimum atomic E-state index is -0.296. The summed E-state index contributed by atoms with van der Waals surface area (Å²) in [4.78, 5) is 14.5. The maximum Gasteiger partial charge on any atom is 0.251 e. The molecule has 2 aliphatic rings. The van der Waals surface area contributed by atoms with Crippen LogP contribution in [-0.4, -0.2) is 48.8 Å². The lowest BCUT2D eigenvalue weighted by Gasteiger charge is -2.33. The second-order valence-electron chi connectivity index (χ2n) is 6.97. The molecule has 0 spiro atoms. The van der Waals surface area contributed by atoms with Gasteiger partial charge in [0.1, 0.15) is 18.0 Å². The third-order valence-corrected chi connectivity index (χ3v) is 5.04. The minimum Gasteiger partial charge on any atom is -0.490 e. The maximum atomic E-state index is 12.5. The highest BCUT2D eigenvalue weighted by Crippen LogP contribution is 2.26. The normalized spacial score (nSPS) is 24.0. The van der Waals surface area contributed by atoms with Crippen molar-refractivity contribution in [3.8, 4) is 5.75 Å². The van der Waals surface area contributed by atoms with Gasteiger partial charge in [0.15, 0.2) is 0 Å². The number of aryl methyl sites for hydroxylation is 2. The molecule has 0 unspecified atom stereocenters. The minimum absolute atomic E-state index is 0. The summed E-state index contributed by atoms with van der Waals surface area (Å²) in [6, 6.07) is 6.28. The van der Waals surface area contributed by atoms with Gasteiger partial charge >= 0.3 is 0 Å². The van der Waals surface area contributed by atoms with E-state index in [1.54, 1.807) is 0 Å². The van der Waals surface area contributed by atoms with Gasteiger partial charge in [-0.1, -0.05) is 12.1 Å². The predicted molar refractivity (Wildman–Crippen MR) is 100 cm³/mol. The Morgan fingerprint density at radius 1 is 1.24 bits per heavy atom. The van der Waals surface area contributed by atoms with E-state index in [0.717, 1.165) is 50.1 Å². The molecule has 1 aromatic carbocycles. The molecule has 3 rings (SSSR count). The Labute approximate surface area is 156 Å². The molecule has 2 atom stereocenters. The third kappa shape index (κ3) is 4.87. The highest BCUT2D eigenvalue weighted by molar-refractivity contribution is 5.85. The van der Waals surface area contributed by atoms with Crippen LogP contribution in [0.3, 0.4) is 0 Å². The predicted octanol–water partition coefficient (Wildman–Crippen LogP) is 2.60. The number of carbonyl (C=O) groups is 1. The molecule has 2 N–H and O–H groups in total. The number of piperidine rings is 1. The number of benzene rings is 1. The Balaban J connectivity index is 0.00000225. The lowest BCUT2D eigenvalue weighted by Crippen LogP contribution is -2.46. The number of rotatable bonds is 4. The first-order chi connectivity index (χ1) is 11.6. The van der Waals surface area contributed by atoms with Gasteiger partial charge in [-0.25, -0.2) is 0 Å². The zero-order valence-corrected chi connectivity index (χ0v) is 15.9. The summed E-state index contributed by atoms with van der Waals surface area (Å²) in [6.07, 6.45) is 3.34. The lowest BCUT2D eigenvalue weighted by molar-refractivity contribution is -0.144. The van der Waals surface area contributed by atoms with Gasteiger partial charge in [0.2, 0.25) is 0 Å². The van der Waals surface area contributed by atoms with E-state index in [1.807, 2.05) is 4.90 Å². The average Bonchev–Trinajstić information content (AvgIpc) is 3.07. The Kier molecular flexibility index (Phi) is 7.11. The first kappa shape index (κ1) is 20.0. The van der Waals surface area contributed by atoms with Gasteiger partial charge < -0.3 is 20.1 Å². The number of likely N-dealkylation sites (tertiary alicyclic amines) is 1. The van der Waals surface area contributed by atoms with Crippen LogP contribution >= 0.6 is 12.4 Å². The van der Waals surface area contributed by atoms with E-state index in [4.69, 9.17) is 15.2 Å². The van der Waals surface area contributed by atoms with Crippen molar-refractivity contribution >= 4 is 18.3 Å². The Morgan fingerprint density at radius 2 is 1.96 bits per heavy atom. The lowest BCUT2D eigenvalue weighted by atomic mass is 10.1. The van der Waals surface area contributed by atoms with Crippen molar-refractivity contribution in [2.24, 2.45) is 5.73 Å². The van der Waals surface area contributed by atoms with E-state index in [1.165, 1.54) is 5.56 Å². The molecule has 2 heterocycles. The van der Waals surface area contributed by atoms with Gasteiger partial charge in [0.05, 0.1) is 6.10 Å². The van der Waals surface area contributed by atoms with Crippen molar-refractivity contribution in [2.75, 3.05) is 19.6 Å². The quantitative estimate of drug-likeness (QED) is 0.887. The summed E-state index contributed by atoms with van der Waals surface area (Å²) in [5, 5.41) is 0. The number of nitrogens with two attached hydrogens (primary N) is 1. The van der Waals surface area contributed by atoms with Crippen LogP contribution in [0.1, 0.15) is 36.8 Å². The van der Waals surface area contributed by atoms with E-state index in [0.29, 0.717) is 6.54 Å².